The molecule has 7 heteroatoms. The van der Waals surface area contributed by atoms with Gasteiger partial charge in [0.2, 0.25) is 0 Å². The fourth-order valence-electron chi connectivity index (χ4n) is 3.80. The lowest BCUT2D eigenvalue weighted by molar-refractivity contribution is 0.0706. The van der Waals surface area contributed by atoms with Crippen LogP contribution < -0.4 is 0 Å². The first-order valence-corrected chi connectivity index (χ1v) is 11.0. The molecule has 0 radical (unpaired) electrons. The molecule has 2 aromatic rings. The van der Waals surface area contributed by atoms with Gasteiger partial charge in [-0.3, -0.25) is 9.89 Å². The van der Waals surface area contributed by atoms with Gasteiger partial charge in [-0.1, -0.05) is 26.0 Å². The summed E-state index contributed by atoms with van der Waals surface area (Å²) in [4.78, 5) is 16.2. The van der Waals surface area contributed by atoms with E-state index in [1.54, 1.807) is 11.8 Å². The number of H-pyrrole nitrogens is 1. The predicted molar refractivity (Wildman–Crippen MR) is 111 cm³/mol. The van der Waals surface area contributed by atoms with E-state index in [0.29, 0.717) is 17.2 Å². The van der Waals surface area contributed by atoms with Crippen LogP contribution in [0.2, 0.25) is 0 Å². The molecular weight excluding hydrogens is 376 g/mol. The van der Waals surface area contributed by atoms with Gasteiger partial charge in [0.1, 0.15) is 5.82 Å². The van der Waals surface area contributed by atoms with Crippen LogP contribution in [-0.2, 0) is 0 Å². The monoisotopic (exact) mass is 402 g/mol. The van der Waals surface area contributed by atoms with Gasteiger partial charge >= 0.3 is 0 Å². The van der Waals surface area contributed by atoms with Gasteiger partial charge in [0.15, 0.2) is 4.77 Å². The minimum absolute atomic E-state index is 0.151. The van der Waals surface area contributed by atoms with Crippen LogP contribution >= 0.6 is 24.0 Å². The normalized spacial score (nSPS) is 18.3. The van der Waals surface area contributed by atoms with Crippen molar-refractivity contribution in [3.8, 4) is 0 Å². The molecule has 2 heterocycles. The molecule has 0 bridgehead atoms. The van der Waals surface area contributed by atoms with Crippen molar-refractivity contribution in [2.75, 3.05) is 13.1 Å². The highest BCUT2D eigenvalue weighted by Crippen LogP contribution is 2.39. The number of hydrogen-bond donors (Lipinski definition) is 1. The number of carbonyl (C=O) groups is 1. The molecule has 1 aliphatic carbocycles. The maximum Gasteiger partial charge on any atom is 0.254 e. The molecule has 1 N–H and O–H groups in total. The number of likely N-dealkylation sites (tertiary alicyclic amines) is 1. The van der Waals surface area contributed by atoms with Crippen LogP contribution in [0.5, 0.6) is 0 Å². The molecule has 1 aliphatic heterocycles. The van der Waals surface area contributed by atoms with Crippen LogP contribution in [-0.4, -0.2) is 43.9 Å². The third kappa shape index (κ3) is 3.99. The van der Waals surface area contributed by atoms with Crippen molar-refractivity contribution >= 4 is 29.9 Å². The minimum atomic E-state index is 0.151. The first-order chi connectivity index (χ1) is 13.0. The highest BCUT2D eigenvalue weighted by molar-refractivity contribution is 8.00. The first kappa shape index (κ1) is 18.7. The molecule has 0 atom stereocenters. The van der Waals surface area contributed by atoms with Crippen molar-refractivity contribution in [2.45, 2.75) is 61.6 Å². The summed E-state index contributed by atoms with van der Waals surface area (Å²) in [5.74, 6) is 1.62. The van der Waals surface area contributed by atoms with Gasteiger partial charge in [0.05, 0.1) is 5.56 Å². The molecule has 1 aromatic carbocycles. The van der Waals surface area contributed by atoms with Crippen LogP contribution in [0.4, 0.5) is 0 Å². The van der Waals surface area contributed by atoms with Crippen LogP contribution in [0, 0.1) is 4.77 Å². The lowest BCUT2D eigenvalue weighted by atomic mass is 9.95. The molecule has 2 fully saturated rings. The summed E-state index contributed by atoms with van der Waals surface area (Å²) in [5, 5.41) is 7.94. The van der Waals surface area contributed by atoms with E-state index in [-0.39, 0.29) is 5.91 Å². The average molecular weight is 403 g/mol. The summed E-state index contributed by atoms with van der Waals surface area (Å²) in [7, 11) is 0. The van der Waals surface area contributed by atoms with Crippen molar-refractivity contribution in [3.05, 3.63) is 40.4 Å². The summed E-state index contributed by atoms with van der Waals surface area (Å²) in [6.45, 7) is 5.86. The molecule has 1 amide bonds. The number of thioether (sulfide) groups is 1. The van der Waals surface area contributed by atoms with Gasteiger partial charge in [0.25, 0.3) is 5.91 Å². The van der Waals surface area contributed by atoms with Crippen molar-refractivity contribution in [3.63, 3.8) is 0 Å². The Labute approximate surface area is 169 Å². The maximum absolute atomic E-state index is 13.1. The Kier molecular flexibility index (Phi) is 5.41. The Balaban J connectivity index is 1.45. The Hall–Kier alpha value is -1.60. The number of piperidine rings is 1. The largest absolute Gasteiger partial charge is 0.339 e. The standard InChI is InChI=1S/C20H26N4OS2/c1-13(2)27-17-6-4-3-5-16(17)19(25)23-11-9-14(10-12-23)18-21-22-20(26)24(18)15-7-8-15/h3-6,13-15H,7-12H2,1-2H3,(H,22,26). The summed E-state index contributed by atoms with van der Waals surface area (Å²) in [6, 6.07) is 8.51. The van der Waals surface area contributed by atoms with Gasteiger partial charge in [-0.05, 0) is 50.0 Å². The van der Waals surface area contributed by atoms with E-state index < -0.39 is 0 Å². The van der Waals surface area contributed by atoms with E-state index in [1.165, 1.54) is 12.8 Å². The summed E-state index contributed by atoms with van der Waals surface area (Å²) in [6.07, 6.45) is 4.28. The number of nitrogens with zero attached hydrogens (tertiary/aromatic N) is 3. The van der Waals surface area contributed by atoms with E-state index in [2.05, 4.69) is 34.7 Å². The summed E-state index contributed by atoms with van der Waals surface area (Å²) >= 11 is 7.17. The van der Waals surface area contributed by atoms with Crippen LogP contribution in [0.1, 0.15) is 67.7 Å². The molecule has 0 spiro atoms. The van der Waals surface area contributed by atoms with Crippen LogP contribution in [0.25, 0.3) is 0 Å². The molecule has 2 aliphatic rings. The molecule has 4 rings (SSSR count). The van der Waals surface area contributed by atoms with Crippen molar-refractivity contribution in [1.29, 1.82) is 0 Å². The highest BCUT2D eigenvalue weighted by Gasteiger charge is 2.33. The second-order valence-electron chi connectivity index (χ2n) is 7.72. The molecule has 27 heavy (non-hydrogen) atoms. The maximum atomic E-state index is 13.1. The number of aromatic nitrogens is 3. The zero-order chi connectivity index (χ0) is 19.0. The number of benzene rings is 1. The second kappa shape index (κ2) is 7.80. The molecule has 5 nitrogen and oxygen atoms in total. The molecule has 0 unspecified atom stereocenters. The number of nitrogens with one attached hydrogen (secondary N) is 1. The fourth-order valence-corrected chi connectivity index (χ4v) is 5.04. The third-order valence-electron chi connectivity index (χ3n) is 5.27. The Morgan fingerprint density at radius 1 is 1.22 bits per heavy atom. The molecule has 1 saturated carbocycles. The van der Waals surface area contributed by atoms with Crippen molar-refractivity contribution < 1.29 is 4.79 Å². The number of rotatable bonds is 5. The minimum Gasteiger partial charge on any atom is -0.339 e. The van der Waals surface area contributed by atoms with E-state index >= 15 is 0 Å². The van der Waals surface area contributed by atoms with Crippen LogP contribution in [0.15, 0.2) is 29.2 Å². The van der Waals surface area contributed by atoms with Crippen LogP contribution in [0.3, 0.4) is 0 Å². The van der Waals surface area contributed by atoms with Gasteiger partial charge in [-0.25, -0.2) is 0 Å². The first-order valence-electron chi connectivity index (χ1n) is 9.76. The topological polar surface area (TPSA) is 53.9 Å². The van der Waals surface area contributed by atoms with Gasteiger partial charge in [-0.15, -0.1) is 11.8 Å². The number of carbonyl (C=O) groups excluding carboxylic acids is 1. The van der Waals surface area contributed by atoms with Crippen molar-refractivity contribution in [1.82, 2.24) is 19.7 Å². The third-order valence-corrected chi connectivity index (χ3v) is 6.64. The molecule has 144 valence electrons. The van der Waals surface area contributed by atoms with E-state index in [1.807, 2.05) is 23.1 Å². The lowest BCUT2D eigenvalue weighted by Gasteiger charge is -2.32. The zero-order valence-electron chi connectivity index (χ0n) is 15.9. The quantitative estimate of drug-likeness (QED) is 0.577. The Morgan fingerprint density at radius 3 is 2.59 bits per heavy atom. The average Bonchev–Trinajstić information content (AvgIpc) is 3.43. The predicted octanol–water partition coefficient (Wildman–Crippen LogP) is 4.80. The second-order valence-corrected chi connectivity index (χ2v) is 9.72. The molecule has 1 aromatic heterocycles. The Bertz CT molecular complexity index is 876. The number of hydrogen-bond acceptors (Lipinski definition) is 4. The van der Waals surface area contributed by atoms with Gasteiger partial charge < -0.3 is 9.47 Å². The van der Waals surface area contributed by atoms with E-state index in [4.69, 9.17) is 12.2 Å². The zero-order valence-corrected chi connectivity index (χ0v) is 17.5. The molecular formula is C20H26N4OS2. The summed E-state index contributed by atoms with van der Waals surface area (Å²) in [5.41, 5.74) is 0.829. The van der Waals surface area contributed by atoms with Crippen molar-refractivity contribution in [2.24, 2.45) is 0 Å². The number of amides is 1. The van der Waals surface area contributed by atoms with Gasteiger partial charge in [0, 0.05) is 35.2 Å². The van der Waals surface area contributed by atoms with E-state index in [0.717, 1.165) is 47.0 Å². The number of aromatic amines is 1. The SMILES string of the molecule is CC(C)Sc1ccccc1C(=O)N1CCC(c2n[nH]c(=S)n2C2CC2)CC1. The smallest absolute Gasteiger partial charge is 0.254 e. The lowest BCUT2D eigenvalue weighted by Crippen LogP contribution is -2.38. The molecule has 1 saturated heterocycles. The Morgan fingerprint density at radius 2 is 1.93 bits per heavy atom. The van der Waals surface area contributed by atoms with Gasteiger partial charge in [-0.2, -0.15) is 5.10 Å². The fraction of sp³-hybridized carbons (Fsp3) is 0.550. The summed E-state index contributed by atoms with van der Waals surface area (Å²) < 4.78 is 2.96. The highest BCUT2D eigenvalue weighted by atomic mass is 32.2. The van der Waals surface area contributed by atoms with E-state index in [9.17, 15) is 4.79 Å².